The number of rotatable bonds is 3. The van der Waals surface area contributed by atoms with Gasteiger partial charge < -0.3 is 14.6 Å². The second-order valence-corrected chi connectivity index (χ2v) is 5.59. The minimum absolute atomic E-state index is 0.0113. The molecule has 0 aliphatic rings. The van der Waals surface area contributed by atoms with Gasteiger partial charge in [-0.2, -0.15) is 0 Å². The molecule has 0 amide bonds. The largest absolute Gasteiger partial charge is 0.508 e. The lowest BCUT2D eigenvalue weighted by molar-refractivity contribution is 0.445. The van der Waals surface area contributed by atoms with Crippen molar-refractivity contribution in [2.45, 2.75) is 19.8 Å². The summed E-state index contributed by atoms with van der Waals surface area (Å²) >= 11 is 0. The van der Waals surface area contributed by atoms with Crippen LogP contribution in [0, 0.1) is 5.82 Å². The molecule has 118 valence electrons. The molecule has 0 bridgehead atoms. The van der Waals surface area contributed by atoms with Crippen molar-refractivity contribution < 1.29 is 19.0 Å². The summed E-state index contributed by atoms with van der Waals surface area (Å²) in [6, 6.07) is 9.12. The summed E-state index contributed by atoms with van der Waals surface area (Å²) in [7, 11) is 0. The summed E-state index contributed by atoms with van der Waals surface area (Å²) in [6.45, 7) is 3.85. The molecule has 5 heteroatoms. The monoisotopic (exact) mass is 313 g/mol. The molecular formula is C18H16FNO3. The first kappa shape index (κ1) is 15.1. The van der Waals surface area contributed by atoms with E-state index in [-0.39, 0.29) is 28.7 Å². The van der Waals surface area contributed by atoms with Gasteiger partial charge in [-0.25, -0.2) is 9.37 Å². The number of phenolic OH excluding ortho intramolecular Hbond substituents is 2. The maximum atomic E-state index is 14.0. The van der Waals surface area contributed by atoms with Crippen LogP contribution in [0.2, 0.25) is 0 Å². The van der Waals surface area contributed by atoms with Gasteiger partial charge >= 0.3 is 0 Å². The van der Waals surface area contributed by atoms with Gasteiger partial charge in [0.25, 0.3) is 0 Å². The van der Waals surface area contributed by atoms with Crippen molar-refractivity contribution in [1.29, 1.82) is 0 Å². The average molecular weight is 313 g/mol. The molecule has 1 aromatic heterocycles. The zero-order chi connectivity index (χ0) is 16.6. The summed E-state index contributed by atoms with van der Waals surface area (Å²) in [5.41, 5.74) is 1.65. The van der Waals surface area contributed by atoms with Gasteiger partial charge in [0.05, 0.1) is 5.56 Å². The zero-order valence-electron chi connectivity index (χ0n) is 12.7. The number of benzene rings is 2. The molecule has 0 saturated carbocycles. The number of hydrogen-bond acceptors (Lipinski definition) is 4. The number of nitrogens with zero attached hydrogens (tertiary/aromatic N) is 1. The Balaban J connectivity index is 2.20. The SMILES string of the molecule is CC(C)c1cc(-c2ncoc2-c2ccccc2F)c(O)cc1O. The summed E-state index contributed by atoms with van der Waals surface area (Å²) in [6.07, 6.45) is 1.21. The molecule has 0 fully saturated rings. The number of halogens is 1. The van der Waals surface area contributed by atoms with E-state index in [0.717, 1.165) is 0 Å². The van der Waals surface area contributed by atoms with Crippen LogP contribution < -0.4 is 0 Å². The third-order valence-corrected chi connectivity index (χ3v) is 3.71. The van der Waals surface area contributed by atoms with E-state index in [0.29, 0.717) is 16.8 Å². The molecule has 2 aromatic carbocycles. The highest BCUT2D eigenvalue weighted by atomic mass is 19.1. The van der Waals surface area contributed by atoms with Crippen molar-refractivity contribution in [1.82, 2.24) is 4.98 Å². The van der Waals surface area contributed by atoms with Gasteiger partial charge in [-0.1, -0.05) is 26.0 Å². The highest BCUT2D eigenvalue weighted by Gasteiger charge is 2.21. The Kier molecular flexibility index (Phi) is 3.78. The fraction of sp³-hybridized carbons (Fsp3) is 0.167. The van der Waals surface area contributed by atoms with E-state index in [4.69, 9.17) is 4.42 Å². The van der Waals surface area contributed by atoms with Crippen molar-refractivity contribution >= 4 is 0 Å². The number of phenols is 2. The lowest BCUT2D eigenvalue weighted by Gasteiger charge is -2.12. The van der Waals surface area contributed by atoms with Gasteiger partial charge in [0.15, 0.2) is 12.2 Å². The lowest BCUT2D eigenvalue weighted by Crippen LogP contribution is -1.92. The van der Waals surface area contributed by atoms with Gasteiger partial charge in [-0.3, -0.25) is 0 Å². The summed E-state index contributed by atoms with van der Waals surface area (Å²) < 4.78 is 19.4. The Hall–Kier alpha value is -2.82. The van der Waals surface area contributed by atoms with Crippen LogP contribution in [-0.2, 0) is 0 Å². The highest BCUT2D eigenvalue weighted by Crippen LogP contribution is 2.41. The third-order valence-electron chi connectivity index (χ3n) is 3.71. The van der Waals surface area contributed by atoms with Crippen LogP contribution in [0.4, 0.5) is 4.39 Å². The van der Waals surface area contributed by atoms with Crippen molar-refractivity contribution in [2.75, 3.05) is 0 Å². The molecule has 0 radical (unpaired) electrons. The number of aromatic nitrogens is 1. The Morgan fingerprint density at radius 2 is 1.78 bits per heavy atom. The van der Waals surface area contributed by atoms with Crippen molar-refractivity contribution in [3.8, 4) is 34.1 Å². The van der Waals surface area contributed by atoms with Gasteiger partial charge in [-0.05, 0) is 29.7 Å². The second-order valence-electron chi connectivity index (χ2n) is 5.59. The van der Waals surface area contributed by atoms with Gasteiger partial charge in [0.1, 0.15) is 23.0 Å². The normalized spacial score (nSPS) is 11.1. The summed E-state index contributed by atoms with van der Waals surface area (Å²) in [5.74, 6) is -0.277. The standard InChI is InChI=1S/C18H16FNO3/c1-10(2)12-7-13(16(22)8-15(12)21)17-18(23-9-20-17)11-5-3-4-6-14(11)19/h3-10,21-22H,1-2H3. The molecule has 0 aliphatic heterocycles. The molecule has 0 aliphatic carbocycles. The quantitative estimate of drug-likeness (QED) is 0.736. The minimum atomic E-state index is -0.437. The van der Waals surface area contributed by atoms with Crippen LogP contribution in [0.15, 0.2) is 47.2 Å². The molecule has 3 rings (SSSR count). The number of hydrogen-bond donors (Lipinski definition) is 2. The highest BCUT2D eigenvalue weighted by molar-refractivity contribution is 5.81. The molecule has 0 atom stereocenters. The van der Waals surface area contributed by atoms with E-state index in [1.54, 1.807) is 24.3 Å². The molecule has 0 unspecified atom stereocenters. The van der Waals surface area contributed by atoms with E-state index < -0.39 is 5.82 Å². The fourth-order valence-corrected chi connectivity index (χ4v) is 2.52. The molecule has 0 saturated heterocycles. The van der Waals surface area contributed by atoms with Crippen LogP contribution >= 0.6 is 0 Å². The Labute approximate surface area is 132 Å². The van der Waals surface area contributed by atoms with Crippen molar-refractivity contribution in [3.63, 3.8) is 0 Å². The summed E-state index contributed by atoms with van der Waals surface area (Å²) in [4.78, 5) is 4.12. The van der Waals surface area contributed by atoms with E-state index in [9.17, 15) is 14.6 Å². The zero-order valence-corrected chi connectivity index (χ0v) is 12.7. The van der Waals surface area contributed by atoms with Crippen LogP contribution in [0.3, 0.4) is 0 Å². The third kappa shape index (κ3) is 2.65. The Morgan fingerprint density at radius 3 is 2.48 bits per heavy atom. The second kappa shape index (κ2) is 5.76. The molecule has 3 aromatic rings. The maximum Gasteiger partial charge on any atom is 0.182 e. The summed E-state index contributed by atoms with van der Waals surface area (Å²) in [5, 5.41) is 20.1. The topological polar surface area (TPSA) is 66.5 Å². The molecule has 2 N–H and O–H groups in total. The number of aromatic hydroxyl groups is 2. The predicted molar refractivity (Wildman–Crippen MR) is 84.8 cm³/mol. The first-order valence-corrected chi connectivity index (χ1v) is 7.23. The number of oxazole rings is 1. The van der Waals surface area contributed by atoms with Gasteiger partial charge in [0.2, 0.25) is 0 Å². The Bertz CT molecular complexity index is 855. The van der Waals surface area contributed by atoms with Crippen molar-refractivity contribution in [3.05, 3.63) is 54.2 Å². The van der Waals surface area contributed by atoms with Crippen LogP contribution in [0.25, 0.3) is 22.6 Å². The van der Waals surface area contributed by atoms with Crippen LogP contribution in [0.1, 0.15) is 25.3 Å². The molecule has 23 heavy (non-hydrogen) atoms. The van der Waals surface area contributed by atoms with Gasteiger partial charge in [0, 0.05) is 11.6 Å². The van der Waals surface area contributed by atoms with E-state index in [2.05, 4.69) is 4.98 Å². The molecule has 1 heterocycles. The average Bonchev–Trinajstić information content (AvgIpc) is 2.96. The van der Waals surface area contributed by atoms with E-state index in [1.165, 1.54) is 18.5 Å². The van der Waals surface area contributed by atoms with E-state index in [1.807, 2.05) is 13.8 Å². The lowest BCUT2D eigenvalue weighted by atomic mass is 9.96. The van der Waals surface area contributed by atoms with Gasteiger partial charge in [-0.15, -0.1) is 0 Å². The smallest absolute Gasteiger partial charge is 0.182 e. The fourth-order valence-electron chi connectivity index (χ4n) is 2.52. The molecular weight excluding hydrogens is 297 g/mol. The van der Waals surface area contributed by atoms with Crippen LogP contribution in [0.5, 0.6) is 11.5 Å². The van der Waals surface area contributed by atoms with Crippen LogP contribution in [-0.4, -0.2) is 15.2 Å². The van der Waals surface area contributed by atoms with E-state index >= 15 is 0 Å². The molecule has 4 nitrogen and oxygen atoms in total. The minimum Gasteiger partial charge on any atom is -0.508 e. The molecule has 0 spiro atoms. The van der Waals surface area contributed by atoms with Crippen molar-refractivity contribution in [2.24, 2.45) is 0 Å². The Morgan fingerprint density at radius 1 is 1.04 bits per heavy atom. The first-order valence-electron chi connectivity index (χ1n) is 7.23. The maximum absolute atomic E-state index is 14.0. The first-order chi connectivity index (χ1) is 11.0. The predicted octanol–water partition coefficient (Wildman–Crippen LogP) is 4.68.